The van der Waals surface area contributed by atoms with Crippen molar-refractivity contribution in [1.82, 2.24) is 0 Å². The van der Waals surface area contributed by atoms with Crippen LogP contribution in [0.25, 0.3) is 0 Å². The highest BCUT2D eigenvalue weighted by Crippen LogP contribution is 2.73. The zero-order chi connectivity index (χ0) is 21.0. The second kappa shape index (κ2) is 8.41. The fourth-order valence-electron chi connectivity index (χ4n) is 8.77. The number of hydrogen-bond donors (Lipinski definition) is 0. The van der Waals surface area contributed by atoms with E-state index < -0.39 is 0 Å². The monoisotopic (exact) mass is 418 g/mol. The Balaban J connectivity index is 1.44. The average Bonchev–Trinajstić information content (AvgIpc) is 2.67. The molecule has 8 atom stereocenters. The minimum Gasteiger partial charge on any atom is -0.0998 e. The molecule has 6 aliphatic rings. The van der Waals surface area contributed by atoms with Gasteiger partial charge in [0.25, 0.3) is 0 Å². The predicted molar refractivity (Wildman–Crippen MR) is 131 cm³/mol. The second-order valence-corrected chi connectivity index (χ2v) is 15.9. The minimum atomic E-state index is 0.225. The molecule has 0 N–H and O–H groups in total. The highest BCUT2D eigenvalue weighted by molar-refractivity contribution is 7.59. The molecule has 0 aromatic heterocycles. The van der Waals surface area contributed by atoms with Crippen LogP contribution in [0.5, 0.6) is 0 Å². The Bertz CT molecular complexity index is 521. The molecule has 6 saturated carbocycles. The minimum absolute atomic E-state index is 0.225. The summed E-state index contributed by atoms with van der Waals surface area (Å²) in [4.78, 5) is 0. The van der Waals surface area contributed by atoms with E-state index in [1.165, 1.54) is 32.1 Å². The molecule has 8 unspecified atom stereocenters. The van der Waals surface area contributed by atoms with E-state index in [-0.39, 0.29) is 7.92 Å². The van der Waals surface area contributed by atoms with E-state index in [9.17, 15) is 0 Å². The molecule has 168 valence electrons. The van der Waals surface area contributed by atoms with Gasteiger partial charge in [0.05, 0.1) is 0 Å². The van der Waals surface area contributed by atoms with Crippen molar-refractivity contribution in [2.45, 2.75) is 124 Å². The molecule has 4 bridgehead atoms. The van der Waals surface area contributed by atoms with E-state index in [4.69, 9.17) is 0 Å². The molecule has 6 aliphatic carbocycles. The van der Waals surface area contributed by atoms with E-state index in [0.29, 0.717) is 10.8 Å². The Morgan fingerprint density at radius 3 is 1.52 bits per heavy atom. The second-order valence-electron chi connectivity index (χ2n) is 13.1. The first-order valence-electron chi connectivity index (χ1n) is 13.4. The molecule has 6 fully saturated rings. The van der Waals surface area contributed by atoms with Gasteiger partial charge >= 0.3 is 0 Å². The van der Waals surface area contributed by atoms with Gasteiger partial charge in [0.2, 0.25) is 0 Å². The van der Waals surface area contributed by atoms with Crippen molar-refractivity contribution in [3.8, 4) is 0 Å². The van der Waals surface area contributed by atoms with E-state index in [1.54, 1.807) is 38.3 Å². The summed E-state index contributed by atoms with van der Waals surface area (Å²) in [5, 5.41) is 0. The van der Waals surface area contributed by atoms with Crippen LogP contribution in [0.1, 0.15) is 113 Å². The molecule has 0 saturated heterocycles. The van der Waals surface area contributed by atoms with Crippen LogP contribution in [0.3, 0.4) is 0 Å². The van der Waals surface area contributed by atoms with Crippen molar-refractivity contribution in [3.05, 3.63) is 0 Å². The third-order valence-corrected chi connectivity index (χ3v) is 15.1. The van der Waals surface area contributed by atoms with Gasteiger partial charge in [0.1, 0.15) is 0 Å². The van der Waals surface area contributed by atoms with Crippen LogP contribution in [0, 0.1) is 46.3 Å². The van der Waals surface area contributed by atoms with Crippen molar-refractivity contribution in [2.24, 2.45) is 46.3 Å². The lowest BCUT2D eigenvalue weighted by Crippen LogP contribution is -2.59. The molecule has 0 amide bonds. The summed E-state index contributed by atoms with van der Waals surface area (Å²) in [6.07, 6.45) is 16.8. The van der Waals surface area contributed by atoms with Crippen LogP contribution in [0.2, 0.25) is 0 Å². The Morgan fingerprint density at radius 1 is 0.655 bits per heavy atom. The van der Waals surface area contributed by atoms with Gasteiger partial charge in [0.15, 0.2) is 0 Å². The Morgan fingerprint density at radius 2 is 1.10 bits per heavy atom. The molecule has 1 heteroatoms. The fourth-order valence-corrected chi connectivity index (χ4v) is 13.2. The van der Waals surface area contributed by atoms with Gasteiger partial charge in [-0.05, 0) is 95.9 Å². The number of fused-ring (bicyclic) bond motifs is 4. The zero-order valence-electron chi connectivity index (χ0n) is 20.8. The standard InChI is InChI=1S/C28H51P/c1-8-9-10-11-12-13-14-29(25-17-21-15-23(19(25)2)27(21,4)5)26-18-22-16-24(20(26)3)28(22,6)7/h19-26H,8-18H2,1-7H3. The number of hydrogen-bond acceptors (Lipinski definition) is 0. The third-order valence-electron chi connectivity index (χ3n) is 11.2. The lowest BCUT2D eigenvalue weighted by molar-refractivity contribution is -0.102. The summed E-state index contributed by atoms with van der Waals surface area (Å²) in [6, 6.07) is 0. The molecule has 0 aliphatic heterocycles. The first-order chi connectivity index (χ1) is 13.7. The topological polar surface area (TPSA) is 0 Å². The Kier molecular flexibility index (Phi) is 6.56. The quantitative estimate of drug-likeness (QED) is 0.259. The number of unbranched alkanes of at least 4 members (excludes halogenated alkanes) is 5. The van der Waals surface area contributed by atoms with Crippen molar-refractivity contribution >= 4 is 7.92 Å². The van der Waals surface area contributed by atoms with Crippen molar-refractivity contribution in [2.75, 3.05) is 6.16 Å². The first kappa shape index (κ1) is 22.6. The Hall–Kier alpha value is 0.430. The maximum Gasteiger partial charge on any atom is -0.0175 e. The summed E-state index contributed by atoms with van der Waals surface area (Å²) < 4.78 is 0. The normalized spacial score (nSPS) is 45.2. The van der Waals surface area contributed by atoms with Crippen molar-refractivity contribution < 1.29 is 0 Å². The summed E-state index contributed by atoms with van der Waals surface area (Å²) in [6.45, 7) is 18.1. The maximum atomic E-state index is 2.68. The van der Waals surface area contributed by atoms with Crippen LogP contribution >= 0.6 is 7.92 Å². The zero-order valence-corrected chi connectivity index (χ0v) is 21.7. The Labute approximate surface area is 184 Å². The molecule has 0 spiro atoms. The molecule has 0 heterocycles. The van der Waals surface area contributed by atoms with Gasteiger partial charge in [-0.2, -0.15) is 0 Å². The third kappa shape index (κ3) is 3.79. The summed E-state index contributed by atoms with van der Waals surface area (Å²) >= 11 is 0. The van der Waals surface area contributed by atoms with E-state index >= 15 is 0 Å². The molecule has 0 aromatic carbocycles. The van der Waals surface area contributed by atoms with Gasteiger partial charge in [-0.25, -0.2) is 0 Å². The van der Waals surface area contributed by atoms with E-state index in [1.807, 2.05) is 0 Å². The summed E-state index contributed by atoms with van der Waals surface area (Å²) in [5.74, 6) is 6.16. The van der Waals surface area contributed by atoms with Crippen LogP contribution < -0.4 is 0 Å². The SMILES string of the molecule is CCCCCCCCP(C1CC2CC(C1C)C2(C)C)C1CC2CC(C1C)C2(C)C. The predicted octanol–water partition coefficient (Wildman–Crippen LogP) is 8.97. The summed E-state index contributed by atoms with van der Waals surface area (Å²) in [7, 11) is 0.225. The largest absolute Gasteiger partial charge is 0.0998 e. The molecule has 0 nitrogen and oxygen atoms in total. The lowest BCUT2D eigenvalue weighted by Gasteiger charge is -2.67. The molecule has 0 radical (unpaired) electrons. The van der Waals surface area contributed by atoms with Crippen LogP contribution in [0.4, 0.5) is 0 Å². The van der Waals surface area contributed by atoms with Gasteiger partial charge in [-0.15, -0.1) is 0 Å². The fraction of sp³-hybridized carbons (Fsp3) is 1.00. The van der Waals surface area contributed by atoms with Crippen molar-refractivity contribution in [1.29, 1.82) is 0 Å². The molecular formula is C28H51P. The van der Waals surface area contributed by atoms with Crippen LogP contribution in [0.15, 0.2) is 0 Å². The van der Waals surface area contributed by atoms with Crippen LogP contribution in [-0.4, -0.2) is 17.5 Å². The van der Waals surface area contributed by atoms with Gasteiger partial charge in [-0.1, -0.05) is 88.5 Å². The van der Waals surface area contributed by atoms with Gasteiger partial charge < -0.3 is 0 Å². The van der Waals surface area contributed by atoms with Gasteiger partial charge in [-0.3, -0.25) is 0 Å². The van der Waals surface area contributed by atoms with E-state index in [0.717, 1.165) is 46.8 Å². The smallest absolute Gasteiger partial charge is 0.0175 e. The highest BCUT2D eigenvalue weighted by atomic mass is 31.1. The number of rotatable bonds is 9. The van der Waals surface area contributed by atoms with Crippen LogP contribution in [-0.2, 0) is 0 Å². The highest BCUT2D eigenvalue weighted by Gasteiger charge is 2.61. The molecule has 0 aromatic rings. The van der Waals surface area contributed by atoms with Gasteiger partial charge in [0, 0.05) is 0 Å². The molecule has 29 heavy (non-hydrogen) atoms. The van der Waals surface area contributed by atoms with E-state index in [2.05, 4.69) is 48.5 Å². The maximum absolute atomic E-state index is 2.68. The lowest BCUT2D eigenvalue weighted by atomic mass is 9.45. The summed E-state index contributed by atoms with van der Waals surface area (Å²) in [5.41, 5.74) is 3.51. The van der Waals surface area contributed by atoms with Crippen molar-refractivity contribution in [3.63, 3.8) is 0 Å². The molecular weight excluding hydrogens is 367 g/mol. The first-order valence-corrected chi connectivity index (χ1v) is 15.1. The molecule has 6 rings (SSSR count). The average molecular weight is 419 g/mol.